The molecule has 0 aromatic carbocycles. The highest BCUT2D eigenvalue weighted by Crippen LogP contribution is 2.22. The molecule has 0 aliphatic heterocycles. The van der Waals surface area contributed by atoms with Crippen LogP contribution in [0.15, 0.2) is 0 Å². The lowest BCUT2D eigenvalue weighted by atomic mass is 9.88. The zero-order valence-corrected chi connectivity index (χ0v) is 9.67. The Kier molecular flexibility index (Phi) is 5.51. The first-order valence-corrected chi connectivity index (χ1v) is 5.00. The van der Waals surface area contributed by atoms with Crippen molar-refractivity contribution in [3.63, 3.8) is 0 Å². The molecule has 0 aromatic rings. The number of rotatable bonds is 6. The number of ether oxygens (including phenoxy) is 1. The summed E-state index contributed by atoms with van der Waals surface area (Å²) < 4.78 is 39.5. The molecule has 6 heteroatoms. The molecule has 0 saturated heterocycles. The number of hydrogen-bond acceptors (Lipinski definition) is 2. The Morgan fingerprint density at radius 2 is 1.87 bits per heavy atom. The van der Waals surface area contributed by atoms with Gasteiger partial charge in [-0.3, -0.25) is 0 Å². The fourth-order valence-corrected chi connectivity index (χ4v) is 1.03. The molecule has 0 aliphatic rings. The maximum atomic E-state index is 11.7. The number of nitrogens with two attached hydrogens (primary N) is 1. The van der Waals surface area contributed by atoms with Gasteiger partial charge in [-0.1, -0.05) is 26.1 Å². The molecule has 2 N–H and O–H groups in total. The van der Waals surface area contributed by atoms with Gasteiger partial charge >= 0.3 is 6.18 Å². The van der Waals surface area contributed by atoms with Gasteiger partial charge in [-0.2, -0.15) is 13.2 Å². The first-order valence-electron chi connectivity index (χ1n) is 4.59. The van der Waals surface area contributed by atoms with Gasteiger partial charge in [-0.05, 0) is 12.8 Å². The van der Waals surface area contributed by atoms with E-state index in [2.05, 4.69) is 4.74 Å². The third-order valence-corrected chi connectivity index (χ3v) is 2.58. The van der Waals surface area contributed by atoms with Gasteiger partial charge in [-0.25, -0.2) is 0 Å². The summed E-state index contributed by atoms with van der Waals surface area (Å²) in [5.41, 5.74) is 5.14. The van der Waals surface area contributed by atoms with E-state index in [1.54, 1.807) is 0 Å². The number of thiocarbonyl (C=S) groups is 1. The van der Waals surface area contributed by atoms with E-state index in [0.29, 0.717) is 17.8 Å². The van der Waals surface area contributed by atoms with Gasteiger partial charge in [0.15, 0.2) is 0 Å². The fourth-order valence-electron chi connectivity index (χ4n) is 0.927. The Morgan fingerprint density at radius 3 is 2.27 bits per heavy atom. The van der Waals surface area contributed by atoms with Gasteiger partial charge < -0.3 is 10.5 Å². The average Bonchev–Trinajstić information content (AvgIpc) is 2.00. The summed E-state index contributed by atoms with van der Waals surface area (Å²) >= 11 is 4.83. The molecule has 0 spiro atoms. The SMILES string of the molecule is CC(C)(CCCOCC(F)(F)F)C(N)=S. The van der Waals surface area contributed by atoms with E-state index in [4.69, 9.17) is 18.0 Å². The van der Waals surface area contributed by atoms with Crippen molar-refractivity contribution in [3.8, 4) is 0 Å². The van der Waals surface area contributed by atoms with Crippen molar-refractivity contribution in [1.29, 1.82) is 0 Å². The molecule has 0 aromatic heterocycles. The molecule has 15 heavy (non-hydrogen) atoms. The van der Waals surface area contributed by atoms with Crippen molar-refractivity contribution in [2.45, 2.75) is 32.9 Å². The number of alkyl halides is 3. The van der Waals surface area contributed by atoms with Crippen molar-refractivity contribution >= 4 is 17.2 Å². The van der Waals surface area contributed by atoms with Crippen LogP contribution in [0.4, 0.5) is 13.2 Å². The van der Waals surface area contributed by atoms with Crippen molar-refractivity contribution < 1.29 is 17.9 Å². The molecule has 90 valence electrons. The summed E-state index contributed by atoms with van der Waals surface area (Å²) in [7, 11) is 0. The number of halogens is 3. The second-order valence-electron chi connectivity index (χ2n) is 4.02. The molecule has 0 heterocycles. The third kappa shape index (κ3) is 7.56. The Morgan fingerprint density at radius 1 is 1.33 bits per heavy atom. The molecular weight excluding hydrogens is 227 g/mol. The van der Waals surface area contributed by atoms with Gasteiger partial charge in [0.1, 0.15) is 6.61 Å². The van der Waals surface area contributed by atoms with E-state index in [0.717, 1.165) is 0 Å². The van der Waals surface area contributed by atoms with Crippen LogP contribution >= 0.6 is 12.2 Å². The van der Waals surface area contributed by atoms with Crippen molar-refractivity contribution in [2.24, 2.45) is 11.1 Å². The molecule has 0 fully saturated rings. The standard InChI is InChI=1S/C9H16F3NOS/c1-8(2,7(13)15)4-3-5-14-6-9(10,11)12/h3-6H2,1-2H3,(H2,13,15). The summed E-state index contributed by atoms with van der Waals surface area (Å²) in [5.74, 6) is 0. The van der Waals surface area contributed by atoms with Crippen LogP contribution in [-0.2, 0) is 4.74 Å². The lowest BCUT2D eigenvalue weighted by Gasteiger charge is -2.22. The molecule has 0 rings (SSSR count). The van der Waals surface area contributed by atoms with Crippen LogP contribution in [0.1, 0.15) is 26.7 Å². The summed E-state index contributed by atoms with van der Waals surface area (Å²) in [4.78, 5) is 0.373. The van der Waals surface area contributed by atoms with Crippen LogP contribution in [0.2, 0.25) is 0 Å². The average molecular weight is 243 g/mol. The molecule has 0 aliphatic carbocycles. The van der Waals surface area contributed by atoms with Crippen LogP contribution in [-0.4, -0.2) is 24.4 Å². The monoisotopic (exact) mass is 243 g/mol. The van der Waals surface area contributed by atoms with E-state index >= 15 is 0 Å². The first kappa shape index (κ1) is 14.6. The van der Waals surface area contributed by atoms with Gasteiger partial charge in [0.05, 0.1) is 4.99 Å². The molecular formula is C9H16F3NOS. The zero-order chi connectivity index (χ0) is 12.1. The molecule has 0 amide bonds. The lowest BCUT2D eigenvalue weighted by molar-refractivity contribution is -0.174. The summed E-state index contributed by atoms with van der Waals surface area (Å²) in [6, 6.07) is 0. The predicted octanol–water partition coefficient (Wildman–Crippen LogP) is 2.66. The first-order chi connectivity index (χ1) is 6.65. The highest BCUT2D eigenvalue weighted by molar-refractivity contribution is 7.80. The highest BCUT2D eigenvalue weighted by atomic mass is 32.1. The minimum Gasteiger partial charge on any atom is -0.393 e. The predicted molar refractivity (Wildman–Crippen MR) is 56.7 cm³/mol. The van der Waals surface area contributed by atoms with E-state index in [9.17, 15) is 13.2 Å². The molecule has 0 radical (unpaired) electrons. The minimum absolute atomic E-state index is 0.0750. The topological polar surface area (TPSA) is 35.2 Å². The van der Waals surface area contributed by atoms with Crippen LogP contribution < -0.4 is 5.73 Å². The summed E-state index contributed by atoms with van der Waals surface area (Å²) in [6.45, 7) is 2.60. The van der Waals surface area contributed by atoms with Gasteiger partial charge in [0.25, 0.3) is 0 Å². The lowest BCUT2D eigenvalue weighted by Crippen LogP contribution is -2.30. The zero-order valence-electron chi connectivity index (χ0n) is 8.86. The van der Waals surface area contributed by atoms with Crippen molar-refractivity contribution in [3.05, 3.63) is 0 Å². The number of hydrogen-bond donors (Lipinski definition) is 1. The van der Waals surface area contributed by atoms with Crippen molar-refractivity contribution in [2.75, 3.05) is 13.2 Å². The Balaban J connectivity index is 3.60. The fraction of sp³-hybridized carbons (Fsp3) is 0.889. The molecule has 0 atom stereocenters. The quantitative estimate of drug-likeness (QED) is 0.575. The van der Waals surface area contributed by atoms with Crippen LogP contribution in [0.25, 0.3) is 0 Å². The Bertz CT molecular complexity index is 216. The van der Waals surface area contributed by atoms with E-state index in [-0.39, 0.29) is 12.0 Å². The molecule has 0 saturated carbocycles. The van der Waals surface area contributed by atoms with Gasteiger partial charge in [-0.15, -0.1) is 0 Å². The van der Waals surface area contributed by atoms with E-state index in [1.165, 1.54) is 0 Å². The largest absolute Gasteiger partial charge is 0.411 e. The second-order valence-corrected chi connectivity index (χ2v) is 4.46. The maximum Gasteiger partial charge on any atom is 0.411 e. The highest BCUT2D eigenvalue weighted by Gasteiger charge is 2.27. The van der Waals surface area contributed by atoms with E-state index < -0.39 is 12.8 Å². The molecule has 2 nitrogen and oxygen atoms in total. The normalized spacial score (nSPS) is 12.9. The summed E-state index contributed by atoms with van der Waals surface area (Å²) in [5, 5.41) is 0. The smallest absolute Gasteiger partial charge is 0.393 e. The van der Waals surface area contributed by atoms with Crippen LogP contribution in [0.3, 0.4) is 0 Å². The maximum absolute atomic E-state index is 11.7. The van der Waals surface area contributed by atoms with Crippen LogP contribution in [0.5, 0.6) is 0 Å². The Labute approximate surface area is 93.0 Å². The van der Waals surface area contributed by atoms with E-state index in [1.807, 2.05) is 13.8 Å². The summed E-state index contributed by atoms with van der Waals surface area (Å²) in [6.07, 6.45) is -3.11. The van der Waals surface area contributed by atoms with Gasteiger partial charge in [0.2, 0.25) is 0 Å². The minimum atomic E-state index is -4.25. The van der Waals surface area contributed by atoms with Crippen molar-refractivity contribution in [1.82, 2.24) is 0 Å². The molecule has 0 unspecified atom stereocenters. The van der Waals surface area contributed by atoms with Gasteiger partial charge in [0, 0.05) is 12.0 Å². The molecule has 0 bridgehead atoms. The Hall–Kier alpha value is -0.360. The third-order valence-electron chi connectivity index (χ3n) is 2.02. The second kappa shape index (κ2) is 5.65. The van der Waals surface area contributed by atoms with Crippen LogP contribution in [0, 0.1) is 5.41 Å².